The summed E-state index contributed by atoms with van der Waals surface area (Å²) in [4.78, 5) is 12.4. The Hall–Kier alpha value is -1.18. The van der Waals surface area contributed by atoms with Gasteiger partial charge in [-0.05, 0) is 49.4 Å². The van der Waals surface area contributed by atoms with E-state index >= 15 is 0 Å². The summed E-state index contributed by atoms with van der Waals surface area (Å²) in [5.41, 5.74) is 1.41. The van der Waals surface area contributed by atoms with Gasteiger partial charge in [0.05, 0.1) is 0 Å². The number of carbonyl (C=O) groups is 1. The number of benzene rings is 1. The highest BCUT2D eigenvalue weighted by Gasteiger charge is 2.39. The first-order chi connectivity index (χ1) is 7.63. The third-order valence-electron chi connectivity index (χ3n) is 4.02. The van der Waals surface area contributed by atoms with Crippen molar-refractivity contribution in [2.75, 3.05) is 0 Å². The van der Waals surface area contributed by atoms with Gasteiger partial charge in [0, 0.05) is 11.0 Å². The van der Waals surface area contributed by atoms with E-state index in [9.17, 15) is 9.18 Å². The Balaban J connectivity index is 2.47. The van der Waals surface area contributed by atoms with Crippen LogP contribution in [0, 0.1) is 11.2 Å². The molecule has 16 heavy (non-hydrogen) atoms. The molecule has 0 radical (unpaired) electrons. The molecule has 0 aliphatic heterocycles. The lowest BCUT2D eigenvalue weighted by molar-refractivity contribution is 0.0738. The van der Waals surface area contributed by atoms with E-state index in [4.69, 9.17) is 0 Å². The summed E-state index contributed by atoms with van der Waals surface area (Å²) in [6.07, 6.45) is 3.42. The van der Waals surface area contributed by atoms with Gasteiger partial charge in [0.2, 0.25) is 0 Å². The molecule has 1 aliphatic rings. The highest BCUT2D eigenvalue weighted by molar-refractivity contribution is 6.02. The number of rotatable bonds is 2. The van der Waals surface area contributed by atoms with Crippen LogP contribution < -0.4 is 0 Å². The van der Waals surface area contributed by atoms with E-state index in [1.54, 1.807) is 6.07 Å². The fourth-order valence-electron chi connectivity index (χ4n) is 2.69. The number of fused-ring (bicyclic) bond motifs is 1. The minimum Gasteiger partial charge on any atom is -0.294 e. The van der Waals surface area contributed by atoms with Crippen molar-refractivity contribution in [3.63, 3.8) is 0 Å². The topological polar surface area (TPSA) is 17.1 Å². The molecule has 0 aromatic heterocycles. The smallest absolute Gasteiger partial charge is 0.169 e. The van der Waals surface area contributed by atoms with Crippen LogP contribution in [0.15, 0.2) is 18.2 Å². The van der Waals surface area contributed by atoms with Gasteiger partial charge in [-0.3, -0.25) is 4.79 Å². The Bertz CT molecular complexity index is 419. The molecule has 1 nitrogen and oxygen atoms in total. The van der Waals surface area contributed by atoms with Crippen molar-refractivity contribution < 1.29 is 9.18 Å². The predicted molar refractivity (Wildman–Crippen MR) is 62.1 cm³/mol. The zero-order valence-electron chi connectivity index (χ0n) is 9.85. The molecule has 1 aliphatic carbocycles. The minimum atomic E-state index is -0.243. The maximum absolute atomic E-state index is 13.1. The number of hydrogen-bond donors (Lipinski definition) is 0. The molecular weight excluding hydrogens is 203 g/mol. The van der Waals surface area contributed by atoms with Crippen molar-refractivity contribution in [3.05, 3.63) is 35.1 Å². The van der Waals surface area contributed by atoms with Gasteiger partial charge >= 0.3 is 0 Å². The first-order valence-corrected chi connectivity index (χ1v) is 5.96. The van der Waals surface area contributed by atoms with Crippen LogP contribution in [-0.2, 0) is 6.42 Å². The summed E-state index contributed by atoms with van der Waals surface area (Å²) in [6, 6.07) is 4.53. The van der Waals surface area contributed by atoms with E-state index in [2.05, 4.69) is 13.8 Å². The number of ketones is 1. The third-order valence-corrected chi connectivity index (χ3v) is 4.02. The van der Waals surface area contributed by atoms with Gasteiger partial charge in [0.25, 0.3) is 0 Å². The largest absolute Gasteiger partial charge is 0.294 e. The van der Waals surface area contributed by atoms with E-state index in [-0.39, 0.29) is 17.0 Å². The van der Waals surface area contributed by atoms with Crippen LogP contribution in [0.3, 0.4) is 0 Å². The molecular formula is C14H17FO. The Morgan fingerprint density at radius 3 is 2.62 bits per heavy atom. The Labute approximate surface area is 95.7 Å². The Morgan fingerprint density at radius 2 is 2.00 bits per heavy atom. The van der Waals surface area contributed by atoms with Crippen LogP contribution >= 0.6 is 0 Å². The molecule has 0 saturated carbocycles. The normalized spacial score (nSPS) is 18.3. The fraction of sp³-hybridized carbons (Fsp3) is 0.500. The van der Waals surface area contributed by atoms with E-state index in [0.717, 1.165) is 36.8 Å². The molecule has 0 N–H and O–H groups in total. The zero-order chi connectivity index (χ0) is 11.8. The van der Waals surface area contributed by atoms with E-state index in [0.29, 0.717) is 0 Å². The molecule has 0 spiro atoms. The summed E-state index contributed by atoms with van der Waals surface area (Å²) in [5, 5.41) is 0. The van der Waals surface area contributed by atoms with Gasteiger partial charge in [0.1, 0.15) is 5.82 Å². The molecule has 0 heterocycles. The monoisotopic (exact) mass is 220 g/mol. The molecule has 0 fully saturated rings. The summed E-state index contributed by atoms with van der Waals surface area (Å²) in [6.45, 7) is 4.13. The van der Waals surface area contributed by atoms with Crippen molar-refractivity contribution in [2.24, 2.45) is 5.41 Å². The van der Waals surface area contributed by atoms with Crippen LogP contribution in [0.1, 0.15) is 49.0 Å². The molecule has 2 heteroatoms. The summed E-state index contributed by atoms with van der Waals surface area (Å²) in [5.74, 6) is -0.0363. The van der Waals surface area contributed by atoms with Crippen molar-refractivity contribution >= 4 is 5.78 Å². The molecule has 0 amide bonds. The van der Waals surface area contributed by atoms with Gasteiger partial charge in [-0.15, -0.1) is 0 Å². The second kappa shape index (κ2) is 4.00. The maximum Gasteiger partial charge on any atom is 0.169 e. The van der Waals surface area contributed by atoms with Crippen molar-refractivity contribution in [1.82, 2.24) is 0 Å². The van der Waals surface area contributed by atoms with Crippen LogP contribution in [0.4, 0.5) is 4.39 Å². The second-order valence-electron chi connectivity index (χ2n) is 4.62. The number of Topliss-reactive ketones (excluding diaryl/α,β-unsaturated/α-hetero) is 1. The lowest BCUT2D eigenvalue weighted by Crippen LogP contribution is -2.35. The molecule has 0 bridgehead atoms. The van der Waals surface area contributed by atoms with Gasteiger partial charge < -0.3 is 0 Å². The summed E-state index contributed by atoms with van der Waals surface area (Å²) in [7, 11) is 0. The molecule has 0 atom stereocenters. The van der Waals surface area contributed by atoms with Crippen molar-refractivity contribution in [2.45, 2.75) is 39.5 Å². The van der Waals surface area contributed by atoms with Crippen LogP contribution in [0.2, 0.25) is 0 Å². The number of aryl methyl sites for hydroxylation is 1. The van der Waals surface area contributed by atoms with Gasteiger partial charge in [-0.1, -0.05) is 13.8 Å². The quantitative estimate of drug-likeness (QED) is 0.741. The van der Waals surface area contributed by atoms with Gasteiger partial charge in [-0.2, -0.15) is 0 Å². The second-order valence-corrected chi connectivity index (χ2v) is 4.62. The van der Waals surface area contributed by atoms with Crippen LogP contribution in [0.5, 0.6) is 0 Å². The molecule has 1 aromatic carbocycles. The van der Waals surface area contributed by atoms with Gasteiger partial charge in [0.15, 0.2) is 5.78 Å². The maximum atomic E-state index is 13.1. The molecule has 2 rings (SSSR count). The average molecular weight is 220 g/mol. The van der Waals surface area contributed by atoms with E-state index < -0.39 is 0 Å². The highest BCUT2D eigenvalue weighted by Crippen LogP contribution is 2.40. The number of hydrogen-bond acceptors (Lipinski definition) is 1. The van der Waals surface area contributed by atoms with Crippen LogP contribution in [0.25, 0.3) is 0 Å². The minimum absolute atomic E-state index is 0.204. The molecule has 1 aromatic rings. The lowest BCUT2D eigenvalue weighted by atomic mass is 9.67. The molecule has 86 valence electrons. The average Bonchev–Trinajstić information content (AvgIpc) is 2.30. The number of halogens is 1. The SMILES string of the molecule is CCC1(CC)CCc2cc(F)ccc2C1=O. The first-order valence-electron chi connectivity index (χ1n) is 5.96. The molecule has 0 unspecified atom stereocenters. The lowest BCUT2D eigenvalue weighted by Gasteiger charge is -2.35. The van der Waals surface area contributed by atoms with E-state index in [1.165, 1.54) is 12.1 Å². The number of carbonyl (C=O) groups excluding carboxylic acids is 1. The summed E-state index contributed by atoms with van der Waals surface area (Å²) < 4.78 is 13.1. The highest BCUT2D eigenvalue weighted by atomic mass is 19.1. The predicted octanol–water partition coefficient (Wildman–Crippen LogP) is 3.76. The summed E-state index contributed by atoms with van der Waals surface area (Å²) >= 11 is 0. The molecule has 0 saturated heterocycles. The Kier molecular flexibility index (Phi) is 2.83. The van der Waals surface area contributed by atoms with Gasteiger partial charge in [-0.25, -0.2) is 4.39 Å². The van der Waals surface area contributed by atoms with Crippen molar-refractivity contribution in [1.29, 1.82) is 0 Å². The standard InChI is InChI=1S/C14H17FO/c1-3-14(4-2)8-7-10-9-11(15)5-6-12(10)13(14)16/h5-6,9H,3-4,7-8H2,1-2H3. The zero-order valence-corrected chi connectivity index (χ0v) is 9.85. The Morgan fingerprint density at radius 1 is 1.31 bits per heavy atom. The fourth-order valence-corrected chi connectivity index (χ4v) is 2.69. The van der Waals surface area contributed by atoms with E-state index in [1.807, 2.05) is 0 Å². The van der Waals surface area contributed by atoms with Crippen LogP contribution in [-0.4, -0.2) is 5.78 Å². The first kappa shape index (κ1) is 11.3. The third kappa shape index (κ3) is 1.57. The van der Waals surface area contributed by atoms with Crippen molar-refractivity contribution in [3.8, 4) is 0 Å².